The predicted octanol–water partition coefficient (Wildman–Crippen LogP) is 1.90. The Kier molecular flexibility index (Phi) is 3.51. The van der Waals surface area contributed by atoms with Crippen LogP contribution in [0.2, 0.25) is 0 Å². The molecule has 1 N–H and O–H groups in total. The van der Waals surface area contributed by atoms with E-state index < -0.39 is 0 Å². The van der Waals surface area contributed by atoms with Crippen molar-refractivity contribution in [3.05, 3.63) is 18.2 Å². The minimum absolute atomic E-state index is 0.377. The molecular weight excluding hydrogens is 206 g/mol. The number of anilines is 1. The smallest absolute Gasteiger partial charge is 0.145 e. The minimum Gasteiger partial charge on any atom is -0.497 e. The molecular formula is C12H17NO3. The van der Waals surface area contributed by atoms with Gasteiger partial charge in [0.15, 0.2) is 0 Å². The number of ether oxygens (including phenoxy) is 3. The molecule has 1 atom stereocenters. The van der Waals surface area contributed by atoms with Crippen molar-refractivity contribution in [2.45, 2.75) is 12.5 Å². The van der Waals surface area contributed by atoms with Crippen molar-refractivity contribution < 1.29 is 14.2 Å². The van der Waals surface area contributed by atoms with Crippen LogP contribution in [0.25, 0.3) is 0 Å². The van der Waals surface area contributed by atoms with E-state index in [9.17, 15) is 0 Å². The Hall–Kier alpha value is -1.42. The molecule has 2 rings (SSSR count). The lowest BCUT2D eigenvalue weighted by molar-refractivity contribution is 0.195. The maximum absolute atomic E-state index is 5.32. The molecule has 4 heteroatoms. The van der Waals surface area contributed by atoms with E-state index in [1.54, 1.807) is 14.2 Å². The first-order valence-corrected chi connectivity index (χ1v) is 5.40. The van der Waals surface area contributed by atoms with E-state index in [4.69, 9.17) is 14.2 Å². The first-order chi connectivity index (χ1) is 7.83. The summed E-state index contributed by atoms with van der Waals surface area (Å²) < 4.78 is 15.8. The molecule has 0 aliphatic carbocycles. The standard InChI is InChI=1S/C12H17NO3/c1-14-10-3-4-11(12(7-10)15-2)13-9-5-6-16-8-9/h3-4,7,9,13H,5-6,8H2,1-2H3. The summed E-state index contributed by atoms with van der Waals surface area (Å²) in [4.78, 5) is 0. The lowest BCUT2D eigenvalue weighted by atomic mass is 10.2. The van der Waals surface area contributed by atoms with Gasteiger partial charge >= 0.3 is 0 Å². The highest BCUT2D eigenvalue weighted by molar-refractivity contribution is 5.59. The first kappa shape index (κ1) is 11.1. The largest absolute Gasteiger partial charge is 0.497 e. The van der Waals surface area contributed by atoms with Crippen LogP contribution in [0.3, 0.4) is 0 Å². The minimum atomic E-state index is 0.377. The second kappa shape index (κ2) is 5.07. The summed E-state index contributed by atoms with van der Waals surface area (Å²) in [7, 11) is 3.30. The second-order valence-electron chi connectivity index (χ2n) is 3.77. The Labute approximate surface area is 95.5 Å². The summed E-state index contributed by atoms with van der Waals surface area (Å²) >= 11 is 0. The maximum atomic E-state index is 5.32. The van der Waals surface area contributed by atoms with Gasteiger partial charge in [0.05, 0.1) is 32.6 Å². The SMILES string of the molecule is COc1ccc(NC2CCOC2)c(OC)c1. The molecule has 16 heavy (non-hydrogen) atoms. The van der Waals surface area contributed by atoms with Crippen LogP contribution in [0, 0.1) is 0 Å². The van der Waals surface area contributed by atoms with Gasteiger partial charge in [-0.05, 0) is 18.6 Å². The van der Waals surface area contributed by atoms with E-state index in [-0.39, 0.29) is 0 Å². The fraction of sp³-hybridized carbons (Fsp3) is 0.500. The van der Waals surface area contributed by atoms with E-state index in [0.717, 1.165) is 36.8 Å². The lowest BCUT2D eigenvalue weighted by Crippen LogP contribution is -2.19. The van der Waals surface area contributed by atoms with Crippen molar-refractivity contribution in [2.24, 2.45) is 0 Å². The van der Waals surface area contributed by atoms with Crippen molar-refractivity contribution in [1.82, 2.24) is 0 Å². The van der Waals surface area contributed by atoms with Gasteiger partial charge in [0.2, 0.25) is 0 Å². The number of hydrogen-bond acceptors (Lipinski definition) is 4. The van der Waals surface area contributed by atoms with Gasteiger partial charge < -0.3 is 19.5 Å². The molecule has 4 nitrogen and oxygen atoms in total. The number of benzene rings is 1. The monoisotopic (exact) mass is 223 g/mol. The molecule has 1 unspecified atom stereocenters. The van der Waals surface area contributed by atoms with E-state index >= 15 is 0 Å². The summed E-state index contributed by atoms with van der Waals surface area (Å²) in [5.41, 5.74) is 0.985. The predicted molar refractivity (Wildman–Crippen MR) is 62.4 cm³/mol. The van der Waals surface area contributed by atoms with Gasteiger partial charge in [-0.2, -0.15) is 0 Å². The number of hydrogen-bond donors (Lipinski definition) is 1. The molecule has 0 spiro atoms. The Morgan fingerprint density at radius 2 is 2.19 bits per heavy atom. The van der Waals surface area contributed by atoms with E-state index in [1.165, 1.54) is 0 Å². The number of nitrogens with one attached hydrogen (secondary N) is 1. The van der Waals surface area contributed by atoms with Crippen LogP contribution in [-0.2, 0) is 4.74 Å². The van der Waals surface area contributed by atoms with Crippen molar-refractivity contribution in [1.29, 1.82) is 0 Å². The maximum Gasteiger partial charge on any atom is 0.145 e. The van der Waals surface area contributed by atoms with Gasteiger partial charge in [-0.15, -0.1) is 0 Å². The summed E-state index contributed by atoms with van der Waals surface area (Å²) in [6.45, 7) is 1.59. The molecule has 1 heterocycles. The average Bonchev–Trinajstić information content (AvgIpc) is 2.82. The molecule has 0 aromatic heterocycles. The highest BCUT2D eigenvalue weighted by atomic mass is 16.5. The second-order valence-corrected chi connectivity index (χ2v) is 3.77. The molecule has 1 fully saturated rings. The molecule has 88 valence electrons. The van der Waals surface area contributed by atoms with Crippen LogP contribution >= 0.6 is 0 Å². The zero-order valence-electron chi connectivity index (χ0n) is 9.66. The van der Waals surface area contributed by atoms with Gasteiger partial charge in [-0.3, -0.25) is 0 Å². The van der Waals surface area contributed by atoms with Crippen LogP contribution in [0.1, 0.15) is 6.42 Å². The molecule has 1 aromatic carbocycles. The molecule has 1 aliphatic rings. The molecule has 0 radical (unpaired) electrons. The third kappa shape index (κ3) is 2.39. The third-order valence-corrected chi connectivity index (χ3v) is 2.70. The Bertz CT molecular complexity index is 348. The van der Waals surface area contributed by atoms with Crippen LogP contribution in [0.5, 0.6) is 11.5 Å². The summed E-state index contributed by atoms with van der Waals surface area (Å²) in [6.07, 6.45) is 1.04. The van der Waals surface area contributed by atoms with Crippen LogP contribution in [-0.4, -0.2) is 33.5 Å². The average molecular weight is 223 g/mol. The fourth-order valence-electron chi connectivity index (χ4n) is 1.79. The van der Waals surface area contributed by atoms with Gasteiger partial charge in [-0.1, -0.05) is 0 Å². The van der Waals surface area contributed by atoms with Crippen LogP contribution in [0.4, 0.5) is 5.69 Å². The quantitative estimate of drug-likeness (QED) is 0.846. The van der Waals surface area contributed by atoms with Crippen LogP contribution in [0.15, 0.2) is 18.2 Å². The Morgan fingerprint density at radius 3 is 2.81 bits per heavy atom. The summed E-state index contributed by atoms with van der Waals surface area (Å²) in [5.74, 6) is 1.59. The molecule has 1 aliphatic heterocycles. The zero-order chi connectivity index (χ0) is 11.4. The normalized spacial score (nSPS) is 19.5. The van der Waals surface area contributed by atoms with Crippen molar-refractivity contribution >= 4 is 5.69 Å². The molecule has 1 saturated heterocycles. The Morgan fingerprint density at radius 1 is 1.31 bits per heavy atom. The van der Waals surface area contributed by atoms with Crippen molar-refractivity contribution in [3.8, 4) is 11.5 Å². The van der Waals surface area contributed by atoms with Crippen molar-refractivity contribution in [2.75, 3.05) is 32.8 Å². The lowest BCUT2D eigenvalue weighted by Gasteiger charge is -2.16. The van der Waals surface area contributed by atoms with E-state index in [2.05, 4.69) is 5.32 Å². The molecule has 0 saturated carbocycles. The third-order valence-electron chi connectivity index (χ3n) is 2.70. The molecule has 0 amide bonds. The van der Waals surface area contributed by atoms with Gasteiger partial charge in [-0.25, -0.2) is 0 Å². The van der Waals surface area contributed by atoms with Crippen LogP contribution < -0.4 is 14.8 Å². The molecule has 0 bridgehead atoms. The number of rotatable bonds is 4. The van der Waals surface area contributed by atoms with Crippen molar-refractivity contribution in [3.63, 3.8) is 0 Å². The highest BCUT2D eigenvalue weighted by Gasteiger charge is 2.16. The van der Waals surface area contributed by atoms with E-state index in [0.29, 0.717) is 6.04 Å². The van der Waals surface area contributed by atoms with Gasteiger partial charge in [0, 0.05) is 12.7 Å². The Balaban J connectivity index is 2.12. The topological polar surface area (TPSA) is 39.7 Å². The fourth-order valence-corrected chi connectivity index (χ4v) is 1.79. The van der Waals surface area contributed by atoms with E-state index in [1.807, 2.05) is 18.2 Å². The first-order valence-electron chi connectivity index (χ1n) is 5.40. The number of methoxy groups -OCH3 is 2. The highest BCUT2D eigenvalue weighted by Crippen LogP contribution is 2.30. The summed E-state index contributed by atoms with van der Waals surface area (Å²) in [5, 5.41) is 3.41. The van der Waals surface area contributed by atoms with Gasteiger partial charge in [0.25, 0.3) is 0 Å². The van der Waals surface area contributed by atoms with Gasteiger partial charge in [0.1, 0.15) is 11.5 Å². The molecule has 1 aromatic rings. The zero-order valence-corrected chi connectivity index (χ0v) is 9.66. The summed E-state index contributed by atoms with van der Waals surface area (Å²) in [6, 6.07) is 6.14.